The van der Waals surface area contributed by atoms with Crippen LogP contribution < -0.4 is 10.6 Å². The van der Waals surface area contributed by atoms with E-state index in [1.165, 1.54) is 6.07 Å². The van der Waals surface area contributed by atoms with Crippen molar-refractivity contribution in [3.05, 3.63) is 54.1 Å². The van der Waals surface area contributed by atoms with Crippen molar-refractivity contribution in [1.82, 2.24) is 14.9 Å². The lowest BCUT2D eigenvalue weighted by Gasteiger charge is -2.37. The molecule has 4 rings (SSSR count). The fraction of sp³-hybridized carbons (Fsp3) is 0.421. The van der Waals surface area contributed by atoms with E-state index in [-0.39, 0.29) is 35.8 Å². The third kappa shape index (κ3) is 4.66. The number of nitrogens with zero attached hydrogens (tertiary/aromatic N) is 5. The maximum Gasteiger partial charge on any atom is 0.225 e. The number of anilines is 1. The summed E-state index contributed by atoms with van der Waals surface area (Å²) >= 11 is 0. The molecule has 0 bridgehead atoms. The fourth-order valence-corrected chi connectivity index (χ4v) is 3.58. The largest absolute Gasteiger partial charge is 0.370 e. The molecule has 2 aliphatic rings. The van der Waals surface area contributed by atoms with Crippen molar-refractivity contribution in [3.8, 4) is 0 Å². The molecule has 1 saturated heterocycles. The normalized spacial score (nSPS) is 22.8. The number of hydrogen-bond acceptors (Lipinski definition) is 4. The molecule has 1 aromatic heterocycles. The number of aromatic nitrogens is 2. The number of guanidine groups is 1. The van der Waals surface area contributed by atoms with Gasteiger partial charge < -0.3 is 15.5 Å². The molecule has 0 atom stereocenters. The average molecular weight is 482 g/mol. The van der Waals surface area contributed by atoms with Crippen LogP contribution in [0.4, 0.5) is 10.3 Å². The molecule has 1 aromatic carbocycles. The maximum absolute atomic E-state index is 13.3. The van der Waals surface area contributed by atoms with Gasteiger partial charge in [-0.15, -0.1) is 24.0 Å². The van der Waals surface area contributed by atoms with E-state index in [1.807, 2.05) is 12.1 Å². The van der Waals surface area contributed by atoms with Crippen LogP contribution in [0.1, 0.15) is 24.3 Å². The van der Waals surface area contributed by atoms with Crippen LogP contribution in [0.2, 0.25) is 0 Å². The standard InChI is InChI=1S/C19H23FN6.HI/c20-16-4-1-3-14(11-16)15-12-17(13-15)24-18(21)25-7-9-26(10-8-25)19-22-5-2-6-23-19;/h1-6,11,15,17H,7-10,12-13H2,(H2,21,24);1H. The van der Waals surface area contributed by atoms with Crippen molar-refractivity contribution < 1.29 is 4.39 Å². The molecule has 2 N–H and O–H groups in total. The molecule has 1 saturated carbocycles. The second kappa shape index (κ2) is 8.81. The molecule has 0 amide bonds. The lowest BCUT2D eigenvalue weighted by Crippen LogP contribution is -2.52. The zero-order chi connectivity index (χ0) is 17.9. The highest BCUT2D eigenvalue weighted by atomic mass is 127. The first-order valence-corrected chi connectivity index (χ1v) is 9.04. The number of benzene rings is 1. The molecular weight excluding hydrogens is 458 g/mol. The van der Waals surface area contributed by atoms with Gasteiger partial charge in [0, 0.05) is 38.6 Å². The number of aliphatic imine (C=N–C) groups is 1. The summed E-state index contributed by atoms with van der Waals surface area (Å²) < 4.78 is 13.3. The minimum atomic E-state index is -0.172. The summed E-state index contributed by atoms with van der Waals surface area (Å²) in [5.41, 5.74) is 7.28. The van der Waals surface area contributed by atoms with Crippen LogP contribution in [0.25, 0.3) is 0 Å². The van der Waals surface area contributed by atoms with Gasteiger partial charge in [0.05, 0.1) is 6.04 Å². The Labute approximate surface area is 175 Å². The zero-order valence-electron chi connectivity index (χ0n) is 15.0. The molecule has 0 spiro atoms. The van der Waals surface area contributed by atoms with Gasteiger partial charge in [-0.25, -0.2) is 19.4 Å². The van der Waals surface area contributed by atoms with Gasteiger partial charge in [-0.2, -0.15) is 0 Å². The van der Waals surface area contributed by atoms with Gasteiger partial charge in [0.2, 0.25) is 5.95 Å². The highest BCUT2D eigenvalue weighted by molar-refractivity contribution is 14.0. The van der Waals surface area contributed by atoms with Gasteiger partial charge in [-0.05, 0) is 42.5 Å². The lowest BCUT2D eigenvalue weighted by atomic mass is 9.76. The Hall–Kier alpha value is -1.97. The first kappa shape index (κ1) is 19.8. The number of nitrogens with two attached hydrogens (primary N) is 1. The van der Waals surface area contributed by atoms with Crippen molar-refractivity contribution in [2.45, 2.75) is 24.8 Å². The summed E-state index contributed by atoms with van der Waals surface area (Å²) in [6, 6.07) is 8.92. The van der Waals surface area contributed by atoms with Gasteiger partial charge in [0.25, 0.3) is 0 Å². The summed E-state index contributed by atoms with van der Waals surface area (Å²) in [4.78, 5) is 17.5. The highest BCUT2D eigenvalue weighted by Crippen LogP contribution is 2.39. The van der Waals surface area contributed by atoms with Crippen LogP contribution in [-0.2, 0) is 0 Å². The molecule has 0 unspecified atom stereocenters. The highest BCUT2D eigenvalue weighted by Gasteiger charge is 2.31. The molecule has 0 radical (unpaired) electrons. The van der Waals surface area contributed by atoms with Gasteiger partial charge in [-0.3, -0.25) is 0 Å². The topological polar surface area (TPSA) is 70.6 Å². The van der Waals surface area contributed by atoms with E-state index in [9.17, 15) is 4.39 Å². The molecule has 2 heterocycles. The van der Waals surface area contributed by atoms with E-state index < -0.39 is 0 Å². The Morgan fingerprint density at radius 3 is 2.44 bits per heavy atom. The third-order valence-electron chi connectivity index (χ3n) is 5.19. The van der Waals surface area contributed by atoms with Crippen LogP contribution in [0.5, 0.6) is 0 Å². The molecule has 27 heavy (non-hydrogen) atoms. The first-order chi connectivity index (χ1) is 12.7. The lowest BCUT2D eigenvalue weighted by molar-refractivity contribution is 0.336. The van der Waals surface area contributed by atoms with Gasteiger partial charge in [0.1, 0.15) is 5.82 Å². The smallest absolute Gasteiger partial charge is 0.225 e. The van der Waals surface area contributed by atoms with Crippen LogP contribution in [0.3, 0.4) is 0 Å². The van der Waals surface area contributed by atoms with Gasteiger partial charge in [0.15, 0.2) is 5.96 Å². The molecule has 2 fully saturated rings. The van der Waals surface area contributed by atoms with E-state index in [0.717, 1.165) is 50.5 Å². The van der Waals surface area contributed by atoms with Gasteiger partial charge >= 0.3 is 0 Å². The molecular formula is C19H24FIN6. The Morgan fingerprint density at radius 2 is 1.78 bits per heavy atom. The van der Waals surface area contributed by atoms with E-state index in [2.05, 4.69) is 24.8 Å². The van der Waals surface area contributed by atoms with Crippen molar-refractivity contribution >= 4 is 35.9 Å². The summed E-state index contributed by atoms with van der Waals surface area (Å²) in [5.74, 6) is 1.59. The van der Waals surface area contributed by atoms with E-state index in [1.54, 1.807) is 24.5 Å². The second-order valence-electron chi connectivity index (χ2n) is 6.89. The van der Waals surface area contributed by atoms with Crippen LogP contribution in [0, 0.1) is 5.82 Å². The molecule has 2 aromatic rings. The quantitative estimate of drug-likeness (QED) is 0.414. The fourth-order valence-electron chi connectivity index (χ4n) is 3.58. The molecule has 1 aliphatic heterocycles. The van der Waals surface area contributed by atoms with Crippen LogP contribution in [-0.4, -0.2) is 53.0 Å². The minimum absolute atomic E-state index is 0. The monoisotopic (exact) mass is 482 g/mol. The average Bonchev–Trinajstić information content (AvgIpc) is 2.65. The molecule has 6 nitrogen and oxygen atoms in total. The zero-order valence-corrected chi connectivity index (χ0v) is 17.4. The Morgan fingerprint density at radius 1 is 1.07 bits per heavy atom. The van der Waals surface area contributed by atoms with E-state index in [4.69, 9.17) is 5.73 Å². The summed E-state index contributed by atoms with van der Waals surface area (Å²) in [6.07, 6.45) is 5.39. The van der Waals surface area contributed by atoms with E-state index >= 15 is 0 Å². The van der Waals surface area contributed by atoms with Crippen LogP contribution in [0.15, 0.2) is 47.7 Å². The number of halogens is 2. The Kier molecular flexibility index (Phi) is 6.46. The maximum atomic E-state index is 13.3. The summed E-state index contributed by atoms with van der Waals surface area (Å²) in [5, 5.41) is 0. The third-order valence-corrected chi connectivity index (χ3v) is 5.19. The van der Waals surface area contributed by atoms with Crippen molar-refractivity contribution in [1.29, 1.82) is 0 Å². The molecule has 144 valence electrons. The summed E-state index contributed by atoms with van der Waals surface area (Å²) in [6.45, 7) is 3.29. The Balaban J connectivity index is 0.00000210. The number of hydrogen-bond donors (Lipinski definition) is 1. The van der Waals surface area contributed by atoms with Crippen LogP contribution >= 0.6 is 24.0 Å². The second-order valence-corrected chi connectivity index (χ2v) is 6.89. The number of piperazine rings is 1. The van der Waals surface area contributed by atoms with Crippen molar-refractivity contribution in [2.24, 2.45) is 10.7 Å². The first-order valence-electron chi connectivity index (χ1n) is 9.04. The molecule has 8 heteroatoms. The summed E-state index contributed by atoms with van der Waals surface area (Å²) in [7, 11) is 0. The van der Waals surface area contributed by atoms with Crippen molar-refractivity contribution in [2.75, 3.05) is 31.1 Å². The minimum Gasteiger partial charge on any atom is -0.370 e. The Bertz CT molecular complexity index is 773. The van der Waals surface area contributed by atoms with Crippen molar-refractivity contribution in [3.63, 3.8) is 0 Å². The molecule has 1 aliphatic carbocycles. The predicted molar refractivity (Wildman–Crippen MR) is 115 cm³/mol. The van der Waals surface area contributed by atoms with E-state index in [0.29, 0.717) is 11.9 Å². The van der Waals surface area contributed by atoms with Gasteiger partial charge in [-0.1, -0.05) is 12.1 Å². The SMILES string of the molecule is I.NC(=NC1CC(c2cccc(F)c2)C1)N1CCN(c2ncccn2)CC1. The number of rotatable bonds is 3. The predicted octanol–water partition coefficient (Wildman–Crippen LogP) is 2.62.